The second-order valence-corrected chi connectivity index (χ2v) is 10.8. The molecular formula is C25H33N3O4S. The zero-order valence-corrected chi connectivity index (χ0v) is 21.0. The largest absolute Gasteiger partial charge is 0.335 e. The van der Waals surface area contributed by atoms with Crippen molar-refractivity contribution >= 4 is 27.5 Å². The third kappa shape index (κ3) is 5.12. The number of sulfonamides is 1. The molecule has 2 aromatic carbocycles. The SMILES string of the molecule is Cc1cc(C)c(S(=O)(=O)N2CCCC2C(=O)N(C)CC(=O)Nc2cccc(C)c2C)c(C)c1. The summed E-state index contributed by atoms with van der Waals surface area (Å²) in [4.78, 5) is 27.4. The van der Waals surface area contributed by atoms with E-state index in [4.69, 9.17) is 0 Å². The number of anilines is 1. The number of nitrogens with one attached hydrogen (secondary N) is 1. The normalized spacial score (nSPS) is 16.6. The monoisotopic (exact) mass is 471 g/mol. The second kappa shape index (κ2) is 9.65. The minimum absolute atomic E-state index is 0.154. The molecule has 0 radical (unpaired) electrons. The van der Waals surface area contributed by atoms with Crippen molar-refractivity contribution in [2.24, 2.45) is 0 Å². The molecule has 0 spiro atoms. The van der Waals surface area contributed by atoms with E-state index >= 15 is 0 Å². The first-order chi connectivity index (χ1) is 15.4. The predicted molar refractivity (Wildman–Crippen MR) is 130 cm³/mol. The zero-order valence-electron chi connectivity index (χ0n) is 20.2. The smallest absolute Gasteiger partial charge is 0.244 e. The highest BCUT2D eigenvalue weighted by Crippen LogP contribution is 2.31. The topological polar surface area (TPSA) is 86.8 Å². The van der Waals surface area contributed by atoms with Gasteiger partial charge >= 0.3 is 0 Å². The summed E-state index contributed by atoms with van der Waals surface area (Å²) >= 11 is 0. The molecule has 7 nitrogen and oxygen atoms in total. The van der Waals surface area contributed by atoms with Gasteiger partial charge in [0.1, 0.15) is 6.04 Å². The Balaban J connectivity index is 1.76. The number of aryl methyl sites for hydroxylation is 4. The van der Waals surface area contributed by atoms with Crippen LogP contribution >= 0.6 is 0 Å². The van der Waals surface area contributed by atoms with E-state index in [9.17, 15) is 18.0 Å². The molecule has 8 heteroatoms. The molecule has 1 N–H and O–H groups in total. The molecule has 0 saturated carbocycles. The first-order valence-electron chi connectivity index (χ1n) is 11.1. The van der Waals surface area contributed by atoms with Gasteiger partial charge in [-0.2, -0.15) is 4.31 Å². The number of hydrogen-bond acceptors (Lipinski definition) is 4. The standard InChI is InChI=1S/C25H33N3O4S/c1-16-13-18(3)24(19(4)14-16)33(31,32)28-12-8-11-22(28)25(30)27(6)15-23(29)26-21-10-7-9-17(2)20(21)5/h7,9-10,13-14,22H,8,11-12,15H2,1-6H3,(H,26,29). The quantitative estimate of drug-likeness (QED) is 0.699. The Morgan fingerprint density at radius 2 is 1.70 bits per heavy atom. The van der Waals surface area contributed by atoms with Crippen molar-refractivity contribution in [2.45, 2.75) is 58.4 Å². The van der Waals surface area contributed by atoms with Gasteiger partial charge in [0.15, 0.2) is 0 Å². The van der Waals surface area contributed by atoms with Gasteiger partial charge in [-0.25, -0.2) is 8.42 Å². The van der Waals surface area contributed by atoms with Gasteiger partial charge in [0.25, 0.3) is 0 Å². The lowest BCUT2D eigenvalue weighted by atomic mass is 10.1. The molecule has 0 aromatic heterocycles. The maximum atomic E-state index is 13.5. The van der Waals surface area contributed by atoms with Crippen molar-refractivity contribution in [3.8, 4) is 0 Å². The Hall–Kier alpha value is -2.71. The predicted octanol–water partition coefficient (Wildman–Crippen LogP) is 3.48. The Kier molecular flexibility index (Phi) is 7.29. The highest BCUT2D eigenvalue weighted by Gasteiger charge is 2.41. The summed E-state index contributed by atoms with van der Waals surface area (Å²) in [6.45, 7) is 9.51. The van der Waals surface area contributed by atoms with Crippen molar-refractivity contribution in [3.05, 3.63) is 58.1 Å². The van der Waals surface area contributed by atoms with Crippen LogP contribution in [0.15, 0.2) is 35.2 Å². The lowest BCUT2D eigenvalue weighted by Crippen LogP contribution is -2.48. The van der Waals surface area contributed by atoms with Crippen molar-refractivity contribution < 1.29 is 18.0 Å². The summed E-state index contributed by atoms with van der Waals surface area (Å²) in [5.74, 6) is -0.688. The number of benzene rings is 2. The summed E-state index contributed by atoms with van der Waals surface area (Å²) in [6, 6.07) is 8.52. The van der Waals surface area contributed by atoms with Crippen LogP contribution < -0.4 is 5.32 Å². The third-order valence-electron chi connectivity index (χ3n) is 6.30. The molecule has 1 aliphatic rings. The fraction of sp³-hybridized carbons (Fsp3) is 0.440. The summed E-state index contributed by atoms with van der Waals surface area (Å²) in [7, 11) is -2.31. The van der Waals surface area contributed by atoms with Gasteiger partial charge in [-0.3, -0.25) is 9.59 Å². The molecule has 1 heterocycles. The maximum absolute atomic E-state index is 13.5. The van der Waals surface area contributed by atoms with E-state index in [2.05, 4.69) is 5.32 Å². The molecule has 0 aliphatic carbocycles. The molecule has 1 unspecified atom stereocenters. The van der Waals surface area contributed by atoms with Crippen molar-refractivity contribution in [1.82, 2.24) is 9.21 Å². The molecule has 1 fully saturated rings. The summed E-state index contributed by atoms with van der Waals surface area (Å²) in [6.07, 6.45) is 1.03. The number of carbonyl (C=O) groups is 2. The van der Waals surface area contributed by atoms with Gasteiger partial charge in [0.05, 0.1) is 11.4 Å². The summed E-state index contributed by atoms with van der Waals surface area (Å²) < 4.78 is 28.4. The van der Waals surface area contributed by atoms with Gasteiger partial charge < -0.3 is 10.2 Å². The Morgan fingerprint density at radius 1 is 1.06 bits per heavy atom. The Labute approximate surface area is 196 Å². The van der Waals surface area contributed by atoms with Gasteiger partial charge in [-0.1, -0.05) is 29.8 Å². The van der Waals surface area contributed by atoms with Crippen molar-refractivity contribution in [1.29, 1.82) is 0 Å². The maximum Gasteiger partial charge on any atom is 0.244 e. The molecule has 33 heavy (non-hydrogen) atoms. The van der Waals surface area contributed by atoms with Crippen LogP contribution in [0.2, 0.25) is 0 Å². The fourth-order valence-electron chi connectivity index (χ4n) is 4.59. The highest BCUT2D eigenvalue weighted by molar-refractivity contribution is 7.89. The molecule has 2 aromatic rings. The molecule has 1 saturated heterocycles. The molecular weight excluding hydrogens is 438 g/mol. The number of carbonyl (C=O) groups excluding carboxylic acids is 2. The van der Waals surface area contributed by atoms with Crippen LogP contribution in [0.4, 0.5) is 5.69 Å². The van der Waals surface area contributed by atoms with E-state index in [0.29, 0.717) is 29.7 Å². The number of rotatable bonds is 6. The second-order valence-electron chi connectivity index (χ2n) is 8.99. The molecule has 1 aliphatic heterocycles. The van der Waals surface area contributed by atoms with E-state index in [1.807, 2.05) is 51.1 Å². The van der Waals surface area contributed by atoms with Crippen LogP contribution in [0.5, 0.6) is 0 Å². The summed E-state index contributed by atoms with van der Waals surface area (Å²) in [5.41, 5.74) is 5.07. The minimum Gasteiger partial charge on any atom is -0.335 e. The molecule has 0 bridgehead atoms. The van der Waals surface area contributed by atoms with E-state index in [1.54, 1.807) is 13.8 Å². The molecule has 1 atom stereocenters. The highest BCUT2D eigenvalue weighted by atomic mass is 32.2. The van der Waals surface area contributed by atoms with Gasteiger partial charge in [0.2, 0.25) is 21.8 Å². The van der Waals surface area contributed by atoms with E-state index < -0.39 is 16.1 Å². The summed E-state index contributed by atoms with van der Waals surface area (Å²) in [5, 5.41) is 2.85. The van der Waals surface area contributed by atoms with Crippen LogP contribution in [-0.4, -0.2) is 55.6 Å². The lowest BCUT2D eigenvalue weighted by Gasteiger charge is -2.28. The first kappa shape index (κ1) is 24.9. The number of hydrogen-bond donors (Lipinski definition) is 1. The number of amides is 2. The van der Waals surface area contributed by atoms with Gasteiger partial charge in [-0.15, -0.1) is 0 Å². The van der Waals surface area contributed by atoms with Crippen LogP contribution in [0, 0.1) is 34.6 Å². The fourth-order valence-corrected chi connectivity index (χ4v) is 6.66. The van der Waals surface area contributed by atoms with E-state index in [0.717, 1.165) is 16.7 Å². The van der Waals surface area contributed by atoms with Crippen molar-refractivity contribution in [2.75, 3.05) is 25.5 Å². The number of likely N-dealkylation sites (N-methyl/N-ethyl adjacent to an activating group) is 1. The average molecular weight is 472 g/mol. The lowest BCUT2D eigenvalue weighted by molar-refractivity contribution is -0.136. The Bertz CT molecular complexity index is 1170. The van der Waals surface area contributed by atoms with Crippen LogP contribution in [0.25, 0.3) is 0 Å². The van der Waals surface area contributed by atoms with E-state index in [1.165, 1.54) is 16.3 Å². The average Bonchev–Trinajstić information content (AvgIpc) is 3.20. The number of nitrogens with zero attached hydrogens (tertiary/aromatic N) is 2. The van der Waals surface area contributed by atoms with Crippen molar-refractivity contribution in [3.63, 3.8) is 0 Å². The van der Waals surface area contributed by atoms with Gasteiger partial charge in [-0.05, 0) is 75.8 Å². The zero-order chi connectivity index (χ0) is 24.5. The first-order valence-corrected chi connectivity index (χ1v) is 12.6. The molecule has 178 valence electrons. The minimum atomic E-state index is -3.85. The molecule has 2 amide bonds. The van der Waals surface area contributed by atoms with Crippen LogP contribution in [-0.2, 0) is 19.6 Å². The van der Waals surface area contributed by atoms with Gasteiger partial charge in [0, 0.05) is 19.3 Å². The third-order valence-corrected chi connectivity index (χ3v) is 8.51. The molecule has 3 rings (SSSR count). The van der Waals surface area contributed by atoms with Crippen LogP contribution in [0.1, 0.15) is 40.7 Å². The Morgan fingerprint density at radius 3 is 2.33 bits per heavy atom. The van der Waals surface area contributed by atoms with E-state index in [-0.39, 0.29) is 29.8 Å². The van der Waals surface area contributed by atoms with Crippen LogP contribution in [0.3, 0.4) is 0 Å².